The Morgan fingerprint density at radius 2 is 1.97 bits per heavy atom. The number of esters is 1. The van der Waals surface area contributed by atoms with Gasteiger partial charge in [0, 0.05) is 5.69 Å². The quantitative estimate of drug-likeness (QED) is 0.370. The third kappa shape index (κ3) is 6.20. The van der Waals surface area contributed by atoms with E-state index in [4.69, 9.17) is 9.47 Å². The summed E-state index contributed by atoms with van der Waals surface area (Å²) in [6, 6.07) is 11.7. The molecule has 9 heteroatoms. The first-order chi connectivity index (χ1) is 15.4. The molecule has 3 rings (SSSR count). The average Bonchev–Trinajstić information content (AvgIpc) is 3.12. The van der Waals surface area contributed by atoms with Crippen LogP contribution in [0.1, 0.15) is 25.0 Å². The highest BCUT2D eigenvalue weighted by Gasteiger charge is 2.27. The summed E-state index contributed by atoms with van der Waals surface area (Å²) in [5.41, 5.74) is 2.69. The third-order valence-electron chi connectivity index (χ3n) is 4.58. The van der Waals surface area contributed by atoms with E-state index in [2.05, 4.69) is 50.4 Å². The Balaban J connectivity index is 1.75. The molecular formula is C23H25BrN2O5S. The summed E-state index contributed by atoms with van der Waals surface area (Å²) >= 11 is 4.87. The van der Waals surface area contributed by atoms with E-state index in [1.54, 1.807) is 18.2 Å². The number of hydrogen-bond donors (Lipinski definition) is 2. The zero-order chi connectivity index (χ0) is 23.1. The van der Waals surface area contributed by atoms with Gasteiger partial charge in [0.05, 0.1) is 23.1 Å². The van der Waals surface area contributed by atoms with Crippen LogP contribution < -0.4 is 20.1 Å². The summed E-state index contributed by atoms with van der Waals surface area (Å²) in [7, 11) is 1.30. The summed E-state index contributed by atoms with van der Waals surface area (Å²) < 4.78 is 16.5. The van der Waals surface area contributed by atoms with Gasteiger partial charge in [-0.1, -0.05) is 30.8 Å². The molecule has 0 bridgehead atoms. The first kappa shape index (κ1) is 24.0. The molecular weight excluding hydrogens is 496 g/mol. The lowest BCUT2D eigenvalue weighted by molar-refractivity contribution is -0.143. The molecule has 1 amide bonds. The van der Waals surface area contributed by atoms with E-state index < -0.39 is 5.97 Å². The van der Waals surface area contributed by atoms with Crippen LogP contribution in [-0.4, -0.2) is 37.7 Å². The standard InChI is InChI=1S/C23H25BrN2O5S/c1-4-14-6-8-16(9-7-14)25-23-26-22(28)19(32-23)12-15-10-17(24)21(18(11-15)30-5-2)31-13-20(27)29-3/h6-12,23,25H,4-5,13H2,1-3H3,(H,26,28)/b19-12-/t23-/m0/s1. The molecule has 1 heterocycles. The number of amides is 1. The van der Waals surface area contributed by atoms with Crippen LogP contribution in [-0.2, 0) is 20.7 Å². The highest BCUT2D eigenvalue weighted by atomic mass is 79.9. The first-order valence-electron chi connectivity index (χ1n) is 10.1. The second-order valence-corrected chi connectivity index (χ2v) is 8.80. The Kier molecular flexibility index (Phi) is 8.46. The Morgan fingerprint density at radius 3 is 2.62 bits per heavy atom. The number of methoxy groups -OCH3 is 1. The molecule has 0 spiro atoms. The molecule has 2 N–H and O–H groups in total. The van der Waals surface area contributed by atoms with E-state index in [0.717, 1.165) is 17.7 Å². The molecule has 1 aliphatic heterocycles. The van der Waals surface area contributed by atoms with Crippen molar-refractivity contribution in [3.8, 4) is 11.5 Å². The summed E-state index contributed by atoms with van der Waals surface area (Å²) in [4.78, 5) is 24.5. The molecule has 1 saturated heterocycles. The number of hydrogen-bond acceptors (Lipinski definition) is 7. The topological polar surface area (TPSA) is 85.9 Å². The summed E-state index contributed by atoms with van der Waals surface area (Å²) in [6.45, 7) is 4.14. The van der Waals surface area contributed by atoms with Crippen molar-refractivity contribution in [2.45, 2.75) is 25.8 Å². The van der Waals surface area contributed by atoms with Gasteiger partial charge in [-0.3, -0.25) is 4.79 Å². The fourth-order valence-electron chi connectivity index (χ4n) is 2.97. The predicted octanol–water partition coefficient (Wildman–Crippen LogP) is 4.56. The van der Waals surface area contributed by atoms with Crippen molar-refractivity contribution in [2.75, 3.05) is 25.6 Å². The number of aryl methyl sites for hydroxylation is 1. The number of carbonyl (C=O) groups is 2. The van der Waals surface area contributed by atoms with Crippen molar-refractivity contribution < 1.29 is 23.8 Å². The van der Waals surface area contributed by atoms with E-state index in [1.165, 1.54) is 24.4 Å². The fraction of sp³-hybridized carbons (Fsp3) is 0.304. The van der Waals surface area contributed by atoms with Gasteiger partial charge in [-0.05, 0) is 70.7 Å². The van der Waals surface area contributed by atoms with Gasteiger partial charge >= 0.3 is 5.97 Å². The molecule has 7 nitrogen and oxygen atoms in total. The molecule has 0 saturated carbocycles. The van der Waals surface area contributed by atoms with Crippen LogP contribution in [0, 0.1) is 0 Å². The third-order valence-corrected chi connectivity index (χ3v) is 6.20. The van der Waals surface area contributed by atoms with Gasteiger partial charge in [0.2, 0.25) is 0 Å². The molecule has 32 heavy (non-hydrogen) atoms. The van der Waals surface area contributed by atoms with Gasteiger partial charge in [-0.15, -0.1) is 0 Å². The number of ether oxygens (including phenoxy) is 3. The minimum atomic E-state index is -0.493. The van der Waals surface area contributed by atoms with Crippen molar-refractivity contribution in [3.63, 3.8) is 0 Å². The van der Waals surface area contributed by atoms with Gasteiger partial charge in [-0.2, -0.15) is 0 Å². The lowest BCUT2D eigenvalue weighted by atomic mass is 10.1. The van der Waals surface area contributed by atoms with Gasteiger partial charge in [0.25, 0.3) is 5.91 Å². The highest BCUT2D eigenvalue weighted by molar-refractivity contribution is 9.10. The minimum Gasteiger partial charge on any atom is -0.490 e. The fourth-order valence-corrected chi connectivity index (χ4v) is 4.53. The largest absolute Gasteiger partial charge is 0.490 e. The minimum absolute atomic E-state index is 0.155. The van der Waals surface area contributed by atoms with Gasteiger partial charge in [0.15, 0.2) is 23.6 Å². The summed E-state index contributed by atoms with van der Waals surface area (Å²) in [5, 5.41) is 6.25. The van der Waals surface area contributed by atoms with Crippen LogP contribution in [0.25, 0.3) is 6.08 Å². The molecule has 170 valence electrons. The monoisotopic (exact) mass is 520 g/mol. The van der Waals surface area contributed by atoms with Crippen molar-refractivity contribution in [1.82, 2.24) is 5.32 Å². The molecule has 2 aromatic carbocycles. The SMILES string of the molecule is CCOc1cc(/C=C2\S[C@@H](Nc3ccc(CC)cc3)NC2=O)cc(Br)c1OCC(=O)OC. The van der Waals surface area contributed by atoms with Crippen LogP contribution in [0.3, 0.4) is 0 Å². The second-order valence-electron chi connectivity index (χ2n) is 6.80. The number of benzene rings is 2. The zero-order valence-electron chi connectivity index (χ0n) is 18.1. The average molecular weight is 521 g/mol. The van der Waals surface area contributed by atoms with Crippen LogP contribution in [0.15, 0.2) is 45.8 Å². The number of nitrogens with one attached hydrogen (secondary N) is 2. The zero-order valence-corrected chi connectivity index (χ0v) is 20.5. The maximum absolute atomic E-state index is 12.5. The number of thioether (sulfide) groups is 1. The highest BCUT2D eigenvalue weighted by Crippen LogP contribution is 2.39. The Morgan fingerprint density at radius 1 is 1.22 bits per heavy atom. The molecule has 0 radical (unpaired) electrons. The Bertz CT molecular complexity index is 1010. The molecule has 0 aromatic heterocycles. The normalized spacial score (nSPS) is 16.6. The van der Waals surface area contributed by atoms with Crippen molar-refractivity contribution in [2.24, 2.45) is 0 Å². The number of halogens is 1. The lowest BCUT2D eigenvalue weighted by Crippen LogP contribution is -2.30. The van der Waals surface area contributed by atoms with Crippen molar-refractivity contribution in [3.05, 3.63) is 56.9 Å². The molecule has 1 aliphatic rings. The second kappa shape index (κ2) is 11.3. The van der Waals surface area contributed by atoms with Crippen molar-refractivity contribution >= 4 is 51.3 Å². The summed E-state index contributed by atoms with van der Waals surface area (Å²) in [5.74, 6) is 0.218. The molecule has 0 aliphatic carbocycles. The Hall–Kier alpha value is -2.65. The van der Waals surface area contributed by atoms with Crippen LogP contribution >= 0.6 is 27.7 Å². The molecule has 1 fully saturated rings. The van der Waals surface area contributed by atoms with E-state index in [-0.39, 0.29) is 18.0 Å². The van der Waals surface area contributed by atoms with Crippen LogP contribution in [0.4, 0.5) is 5.69 Å². The van der Waals surface area contributed by atoms with Crippen LogP contribution in [0.5, 0.6) is 11.5 Å². The maximum Gasteiger partial charge on any atom is 0.343 e. The maximum atomic E-state index is 12.5. The summed E-state index contributed by atoms with van der Waals surface area (Å²) in [6.07, 6.45) is 2.77. The van der Waals surface area contributed by atoms with Gasteiger partial charge in [0.1, 0.15) is 0 Å². The van der Waals surface area contributed by atoms with Crippen LogP contribution in [0.2, 0.25) is 0 Å². The van der Waals surface area contributed by atoms with Gasteiger partial charge in [-0.25, -0.2) is 4.79 Å². The first-order valence-corrected chi connectivity index (χ1v) is 11.8. The van der Waals surface area contributed by atoms with Crippen molar-refractivity contribution in [1.29, 1.82) is 0 Å². The van der Waals surface area contributed by atoms with E-state index in [0.29, 0.717) is 27.5 Å². The van der Waals surface area contributed by atoms with Gasteiger partial charge < -0.3 is 24.8 Å². The molecule has 0 unspecified atom stereocenters. The van der Waals surface area contributed by atoms with E-state index >= 15 is 0 Å². The number of carbonyl (C=O) groups excluding carboxylic acids is 2. The van der Waals surface area contributed by atoms with E-state index in [9.17, 15) is 9.59 Å². The molecule has 2 aromatic rings. The lowest BCUT2D eigenvalue weighted by Gasteiger charge is -2.14. The molecule has 1 atom stereocenters. The van der Waals surface area contributed by atoms with E-state index in [1.807, 2.05) is 19.1 Å². The predicted molar refractivity (Wildman–Crippen MR) is 130 cm³/mol. The Labute approximate surface area is 200 Å². The number of rotatable bonds is 9. The number of anilines is 1. The smallest absolute Gasteiger partial charge is 0.343 e.